The molecule has 0 spiro atoms. The highest BCUT2D eigenvalue weighted by molar-refractivity contribution is 7.00. The molecule has 0 fully saturated rings. The zero-order valence-corrected chi connectivity index (χ0v) is 45.2. The summed E-state index contributed by atoms with van der Waals surface area (Å²) in [5.74, 6) is 0. The largest absolute Gasteiger partial charge is 0.243 e. The van der Waals surface area contributed by atoms with Crippen LogP contribution in [0.3, 0.4) is 0 Å². The summed E-state index contributed by atoms with van der Waals surface area (Å²) >= 11 is 0. The van der Waals surface area contributed by atoms with Crippen LogP contribution in [0.4, 0.5) is 0 Å². The molecule has 0 aromatic heterocycles. The molecule has 16 rings (SSSR count). The van der Waals surface area contributed by atoms with Crippen molar-refractivity contribution in [1.29, 1.82) is 0 Å². The monoisotopic (exact) mass is 1030 g/mol. The third-order valence-corrected chi connectivity index (χ3v) is 17.7. The first-order valence-electron chi connectivity index (χ1n) is 28.7. The second-order valence-electron chi connectivity index (χ2n) is 22.1. The van der Waals surface area contributed by atoms with Gasteiger partial charge >= 0.3 is 0 Å². The van der Waals surface area contributed by atoms with Crippen LogP contribution in [0.5, 0.6) is 0 Å². The minimum Gasteiger partial charge on any atom is -0.0663 e. The molecule has 0 bridgehead atoms. The van der Waals surface area contributed by atoms with Crippen LogP contribution in [0.1, 0.15) is 0 Å². The first-order valence-corrected chi connectivity index (χ1v) is 28.7. The highest BCUT2D eigenvalue weighted by atomic mass is 14.3. The highest BCUT2D eigenvalue weighted by Crippen LogP contribution is 2.45. The molecular weight excluding hydrogens is 983 g/mol. The van der Waals surface area contributed by atoms with Crippen molar-refractivity contribution in [2.75, 3.05) is 0 Å². The minimum atomic E-state index is -0.152. The molecular formula is C80H52B2. The second kappa shape index (κ2) is 19.8. The van der Waals surface area contributed by atoms with Gasteiger partial charge < -0.3 is 0 Å². The Hall–Kier alpha value is -10.3. The van der Waals surface area contributed by atoms with Gasteiger partial charge in [-0.3, -0.25) is 0 Å². The van der Waals surface area contributed by atoms with Gasteiger partial charge in [0.1, 0.15) is 0 Å². The molecule has 0 radical (unpaired) electrons. The molecule has 0 aliphatic heterocycles. The van der Waals surface area contributed by atoms with Crippen LogP contribution in [0, 0.1) is 0 Å². The number of benzene rings is 16. The topological polar surface area (TPSA) is 0 Å². The standard InChI is InChI=1S/C80H52B2/c1-3-23-53(24-4-1)59-35-15-17-41-65(59)71-51-77(81(73-43-19-31-55-27-7-11-37-61(55)73)74-44-20-32-56-28-8-12-38-62(56)74)69-50-48-68-72(66-42-18-16-36-60(66)54-25-5-2-6-26-54)52-78(70-49-47-67(71)79(69)80(68)70)82(75-45-21-33-57-29-9-13-39-63(57)75)76-46-22-34-58-30-10-14-40-64(58)76/h1-52H. The van der Waals surface area contributed by atoms with Gasteiger partial charge in [-0.25, -0.2) is 0 Å². The average molecular weight is 1030 g/mol. The molecule has 0 N–H and O–H groups in total. The fraction of sp³-hybridized carbons (Fsp3) is 0. The minimum absolute atomic E-state index is 0.152. The lowest BCUT2D eigenvalue weighted by Crippen LogP contribution is -2.53. The maximum Gasteiger partial charge on any atom is 0.243 e. The van der Waals surface area contributed by atoms with E-state index in [9.17, 15) is 0 Å². The molecule has 378 valence electrons. The predicted molar refractivity (Wildman–Crippen MR) is 357 cm³/mol. The lowest BCUT2D eigenvalue weighted by atomic mass is 9.34. The fourth-order valence-corrected chi connectivity index (χ4v) is 14.2. The Bertz CT molecular complexity index is 4620. The normalized spacial score (nSPS) is 11.7. The summed E-state index contributed by atoms with van der Waals surface area (Å²) in [6, 6.07) is 119. The third kappa shape index (κ3) is 7.78. The Morgan fingerprint density at radius 2 is 0.427 bits per heavy atom. The summed E-state index contributed by atoms with van der Waals surface area (Å²) in [6.45, 7) is -0.303. The molecule has 0 nitrogen and oxygen atoms in total. The Labute approximate surface area is 478 Å². The summed E-state index contributed by atoms with van der Waals surface area (Å²) in [4.78, 5) is 0. The number of fused-ring (bicyclic) bond motifs is 4. The first kappa shape index (κ1) is 47.7. The molecule has 82 heavy (non-hydrogen) atoms. The Kier molecular flexibility index (Phi) is 11.5. The second-order valence-corrected chi connectivity index (χ2v) is 22.1. The van der Waals surface area contributed by atoms with E-state index in [0.717, 1.165) is 0 Å². The molecule has 0 saturated heterocycles. The molecule has 16 aromatic rings. The molecule has 0 atom stereocenters. The quantitative estimate of drug-likeness (QED) is 0.0946. The van der Waals surface area contributed by atoms with E-state index >= 15 is 0 Å². The van der Waals surface area contributed by atoms with Crippen LogP contribution < -0.4 is 32.8 Å². The summed E-state index contributed by atoms with van der Waals surface area (Å²) in [5.41, 5.74) is 17.4. The van der Waals surface area contributed by atoms with E-state index in [-0.39, 0.29) is 13.4 Å². The summed E-state index contributed by atoms with van der Waals surface area (Å²) in [5, 5.41) is 17.5. The van der Waals surface area contributed by atoms with Crippen molar-refractivity contribution in [2.24, 2.45) is 0 Å². The van der Waals surface area contributed by atoms with Gasteiger partial charge in [0.15, 0.2) is 0 Å². The smallest absolute Gasteiger partial charge is 0.0663 e. The van der Waals surface area contributed by atoms with Crippen LogP contribution in [-0.4, -0.2) is 13.4 Å². The van der Waals surface area contributed by atoms with Crippen molar-refractivity contribution in [3.63, 3.8) is 0 Å². The lowest BCUT2D eigenvalue weighted by molar-refractivity contribution is 1.60. The number of hydrogen-bond donors (Lipinski definition) is 0. The molecule has 0 aliphatic carbocycles. The zero-order chi connectivity index (χ0) is 54.1. The maximum atomic E-state index is 2.58. The summed E-state index contributed by atoms with van der Waals surface area (Å²) < 4.78 is 0. The highest BCUT2D eigenvalue weighted by Gasteiger charge is 2.33. The van der Waals surface area contributed by atoms with Gasteiger partial charge in [-0.15, -0.1) is 0 Å². The van der Waals surface area contributed by atoms with Gasteiger partial charge in [0.05, 0.1) is 0 Å². The Morgan fingerprint density at radius 3 is 0.768 bits per heavy atom. The third-order valence-electron chi connectivity index (χ3n) is 17.7. The molecule has 16 aromatic carbocycles. The predicted octanol–water partition coefficient (Wildman–Crippen LogP) is 16.9. The van der Waals surface area contributed by atoms with E-state index in [1.165, 1.54) is 153 Å². The summed E-state index contributed by atoms with van der Waals surface area (Å²) in [6.07, 6.45) is 0. The van der Waals surface area contributed by atoms with Crippen LogP contribution in [-0.2, 0) is 0 Å². The molecule has 0 heterocycles. The SMILES string of the molecule is c1ccc(-c2ccccc2-c2cc(B(c3cccc4ccccc34)c3cccc4ccccc34)c3ccc4c(-c5ccccc5-c5ccccc5)cc(B(c5cccc6ccccc56)c5cccc6ccccc56)c5ccc2c3c54)cc1. The van der Waals surface area contributed by atoms with E-state index < -0.39 is 0 Å². The van der Waals surface area contributed by atoms with Crippen molar-refractivity contribution in [1.82, 2.24) is 0 Å². The average Bonchev–Trinajstić information content (AvgIpc) is 2.35. The molecule has 0 saturated carbocycles. The molecule has 0 amide bonds. The van der Waals surface area contributed by atoms with E-state index in [2.05, 4.69) is 315 Å². The number of rotatable bonds is 10. The lowest BCUT2D eigenvalue weighted by Gasteiger charge is -2.27. The zero-order valence-electron chi connectivity index (χ0n) is 45.2. The van der Waals surface area contributed by atoms with Gasteiger partial charge in [-0.05, 0) is 120 Å². The van der Waals surface area contributed by atoms with Gasteiger partial charge in [0, 0.05) is 0 Å². The number of hydrogen-bond acceptors (Lipinski definition) is 0. The van der Waals surface area contributed by atoms with E-state index in [1.807, 2.05) is 0 Å². The van der Waals surface area contributed by atoms with E-state index in [4.69, 9.17) is 0 Å². The van der Waals surface area contributed by atoms with Crippen LogP contribution in [0.2, 0.25) is 0 Å². The first-order chi connectivity index (χ1) is 40.7. The maximum absolute atomic E-state index is 2.58. The van der Waals surface area contributed by atoms with Crippen molar-refractivity contribution in [3.05, 3.63) is 315 Å². The molecule has 2 heteroatoms. The van der Waals surface area contributed by atoms with E-state index in [0.29, 0.717) is 0 Å². The van der Waals surface area contributed by atoms with Crippen molar-refractivity contribution in [3.8, 4) is 44.5 Å². The van der Waals surface area contributed by atoms with Crippen LogP contribution >= 0.6 is 0 Å². The Morgan fingerprint density at radius 1 is 0.159 bits per heavy atom. The van der Waals surface area contributed by atoms with Crippen LogP contribution in [0.15, 0.2) is 315 Å². The van der Waals surface area contributed by atoms with Crippen molar-refractivity contribution in [2.45, 2.75) is 0 Å². The van der Waals surface area contributed by atoms with Gasteiger partial charge in [-0.1, -0.05) is 348 Å². The van der Waals surface area contributed by atoms with Gasteiger partial charge in [0.25, 0.3) is 0 Å². The molecule has 0 aliphatic rings. The fourth-order valence-electron chi connectivity index (χ4n) is 14.2. The summed E-state index contributed by atoms with van der Waals surface area (Å²) in [7, 11) is 0. The van der Waals surface area contributed by atoms with Crippen LogP contribution in [0.25, 0.3) is 120 Å². The van der Waals surface area contributed by atoms with Gasteiger partial charge in [0.2, 0.25) is 13.4 Å². The van der Waals surface area contributed by atoms with Crippen molar-refractivity contribution < 1.29 is 0 Å². The Balaban J connectivity index is 1.12. The van der Waals surface area contributed by atoms with E-state index in [1.54, 1.807) is 0 Å². The van der Waals surface area contributed by atoms with Gasteiger partial charge in [-0.2, -0.15) is 0 Å². The molecule has 0 unspecified atom stereocenters. The van der Waals surface area contributed by atoms with Crippen molar-refractivity contribution >= 4 is 122 Å².